The third-order valence-corrected chi connectivity index (χ3v) is 5.40. The summed E-state index contributed by atoms with van der Waals surface area (Å²) in [7, 11) is 0. The normalized spacial score (nSPS) is 12.1. The Kier molecular flexibility index (Phi) is 5.72. The monoisotopic (exact) mass is 396 g/mol. The first-order valence-corrected chi connectivity index (χ1v) is 9.51. The van der Waals surface area contributed by atoms with Gasteiger partial charge in [0.25, 0.3) is 0 Å². The number of benzene rings is 1. The van der Waals surface area contributed by atoms with Crippen molar-refractivity contribution in [1.29, 1.82) is 0 Å². The van der Waals surface area contributed by atoms with E-state index in [1.165, 1.54) is 34.8 Å². The Bertz CT molecular complexity index is 869. The van der Waals surface area contributed by atoms with E-state index in [0.29, 0.717) is 17.3 Å². The van der Waals surface area contributed by atoms with Crippen LogP contribution in [0.15, 0.2) is 40.9 Å². The Hall–Kier alpha value is -1.90. The minimum absolute atomic E-state index is 0.0368. The third-order valence-electron chi connectivity index (χ3n) is 3.27. The number of aromatic amines is 1. The van der Waals surface area contributed by atoms with Crippen molar-refractivity contribution in [3.05, 3.63) is 57.3 Å². The Balaban J connectivity index is 1.57. The van der Waals surface area contributed by atoms with Crippen molar-refractivity contribution in [1.82, 2.24) is 15.2 Å². The van der Waals surface area contributed by atoms with E-state index in [1.54, 1.807) is 18.3 Å². The van der Waals surface area contributed by atoms with Crippen molar-refractivity contribution in [3.8, 4) is 0 Å². The maximum atomic E-state index is 13.2. The average Bonchev–Trinajstić information content (AvgIpc) is 3.23. The lowest BCUT2D eigenvalue weighted by Gasteiger charge is -2.10. The number of aromatic nitrogens is 3. The van der Waals surface area contributed by atoms with E-state index in [1.807, 2.05) is 17.5 Å². The Morgan fingerprint density at radius 3 is 3.04 bits per heavy atom. The van der Waals surface area contributed by atoms with Crippen molar-refractivity contribution in [2.45, 2.75) is 23.8 Å². The van der Waals surface area contributed by atoms with E-state index >= 15 is 0 Å². The molecular weight excluding hydrogens is 383 g/mol. The number of nitrogens with zero attached hydrogens (tertiary/aromatic N) is 2. The van der Waals surface area contributed by atoms with Gasteiger partial charge in [-0.3, -0.25) is 9.89 Å². The van der Waals surface area contributed by atoms with Crippen LogP contribution >= 0.6 is 34.7 Å². The zero-order valence-electron chi connectivity index (χ0n) is 13.1. The van der Waals surface area contributed by atoms with Crippen LogP contribution in [0.1, 0.15) is 17.6 Å². The average molecular weight is 397 g/mol. The maximum absolute atomic E-state index is 13.2. The highest BCUT2D eigenvalue weighted by Crippen LogP contribution is 2.23. The van der Waals surface area contributed by atoms with Gasteiger partial charge in [0.15, 0.2) is 0 Å². The standard InChI is InChI=1S/C16H14ClFN4OS2/c1-9(15(23)19-10-4-5-13(18)12(17)7-10)25-16-20-14(21-22-16)8-11-3-2-6-24-11/h2-7,9H,8H2,1H3,(H,19,23)(H,20,21,22). The fourth-order valence-electron chi connectivity index (χ4n) is 2.02. The van der Waals surface area contributed by atoms with Gasteiger partial charge in [-0.1, -0.05) is 29.4 Å². The van der Waals surface area contributed by atoms with Crippen LogP contribution in [-0.4, -0.2) is 26.3 Å². The number of halogens is 2. The fraction of sp³-hybridized carbons (Fsp3) is 0.188. The number of thioether (sulfide) groups is 1. The maximum Gasteiger partial charge on any atom is 0.237 e. The molecule has 3 aromatic rings. The molecule has 1 aromatic carbocycles. The molecule has 2 heterocycles. The molecule has 0 fully saturated rings. The highest BCUT2D eigenvalue weighted by atomic mass is 35.5. The molecule has 0 spiro atoms. The second-order valence-corrected chi connectivity index (χ2v) is 7.95. The van der Waals surface area contributed by atoms with Crippen LogP contribution < -0.4 is 5.32 Å². The van der Waals surface area contributed by atoms with Crippen LogP contribution in [0.4, 0.5) is 10.1 Å². The number of H-pyrrole nitrogens is 1. The Morgan fingerprint density at radius 1 is 1.48 bits per heavy atom. The number of anilines is 1. The molecule has 130 valence electrons. The summed E-state index contributed by atoms with van der Waals surface area (Å²) in [6.45, 7) is 1.75. The number of nitrogens with one attached hydrogen (secondary N) is 2. The van der Waals surface area contributed by atoms with Crippen LogP contribution in [0.3, 0.4) is 0 Å². The van der Waals surface area contributed by atoms with E-state index in [9.17, 15) is 9.18 Å². The minimum Gasteiger partial charge on any atom is -0.325 e. The van der Waals surface area contributed by atoms with E-state index in [0.717, 1.165) is 5.82 Å². The summed E-state index contributed by atoms with van der Waals surface area (Å²) in [5.41, 5.74) is 0.442. The molecule has 3 rings (SSSR count). The zero-order valence-corrected chi connectivity index (χ0v) is 15.5. The minimum atomic E-state index is -0.527. The predicted molar refractivity (Wildman–Crippen MR) is 98.9 cm³/mol. The number of rotatable bonds is 6. The summed E-state index contributed by atoms with van der Waals surface area (Å²) < 4.78 is 13.2. The second-order valence-electron chi connectivity index (χ2n) is 5.20. The van der Waals surface area contributed by atoms with Gasteiger partial charge in [-0.2, -0.15) is 0 Å². The molecule has 1 amide bonds. The van der Waals surface area contributed by atoms with Gasteiger partial charge in [-0.05, 0) is 36.6 Å². The van der Waals surface area contributed by atoms with Crippen molar-refractivity contribution in [3.63, 3.8) is 0 Å². The number of amides is 1. The highest BCUT2D eigenvalue weighted by Gasteiger charge is 2.18. The molecule has 2 aromatic heterocycles. The first-order valence-electron chi connectivity index (χ1n) is 7.37. The van der Waals surface area contributed by atoms with Crippen molar-refractivity contribution in [2.75, 3.05) is 5.32 Å². The lowest BCUT2D eigenvalue weighted by molar-refractivity contribution is -0.115. The number of carbonyl (C=O) groups is 1. The molecular formula is C16H14ClFN4OS2. The molecule has 0 saturated heterocycles. The molecule has 1 unspecified atom stereocenters. The summed E-state index contributed by atoms with van der Waals surface area (Å²) in [6.07, 6.45) is 0.680. The quantitative estimate of drug-likeness (QED) is 0.607. The smallest absolute Gasteiger partial charge is 0.237 e. The lowest BCUT2D eigenvalue weighted by Crippen LogP contribution is -2.22. The lowest BCUT2D eigenvalue weighted by atomic mass is 10.3. The Morgan fingerprint density at radius 2 is 2.32 bits per heavy atom. The van der Waals surface area contributed by atoms with Gasteiger partial charge in [-0.15, -0.1) is 16.4 Å². The van der Waals surface area contributed by atoms with Crippen molar-refractivity contribution in [2.24, 2.45) is 0 Å². The number of hydrogen-bond donors (Lipinski definition) is 2. The zero-order chi connectivity index (χ0) is 17.8. The van der Waals surface area contributed by atoms with Crippen LogP contribution in [-0.2, 0) is 11.2 Å². The van der Waals surface area contributed by atoms with Gasteiger partial charge >= 0.3 is 0 Å². The molecule has 1 atom stereocenters. The van der Waals surface area contributed by atoms with Crippen LogP contribution in [0.5, 0.6) is 0 Å². The first kappa shape index (κ1) is 17.9. The van der Waals surface area contributed by atoms with Crippen LogP contribution in [0.2, 0.25) is 5.02 Å². The number of hydrogen-bond acceptors (Lipinski definition) is 5. The molecule has 25 heavy (non-hydrogen) atoms. The van der Waals surface area contributed by atoms with E-state index < -0.39 is 11.1 Å². The highest BCUT2D eigenvalue weighted by molar-refractivity contribution is 8.00. The summed E-state index contributed by atoms with van der Waals surface area (Å²) in [5.74, 6) is -0.0127. The van der Waals surface area contributed by atoms with Crippen LogP contribution in [0, 0.1) is 5.82 Å². The number of thiophene rings is 1. The van der Waals surface area contributed by atoms with Crippen LogP contribution in [0.25, 0.3) is 0 Å². The molecule has 0 saturated carbocycles. The van der Waals surface area contributed by atoms with Crippen molar-refractivity contribution < 1.29 is 9.18 Å². The molecule has 2 N–H and O–H groups in total. The van der Waals surface area contributed by atoms with Gasteiger partial charge < -0.3 is 5.32 Å². The van der Waals surface area contributed by atoms with E-state index in [-0.39, 0.29) is 10.9 Å². The van der Waals surface area contributed by atoms with Gasteiger partial charge in [0.2, 0.25) is 11.1 Å². The molecule has 0 aliphatic rings. The fourth-order valence-corrected chi connectivity index (χ4v) is 3.65. The summed E-state index contributed by atoms with van der Waals surface area (Å²) in [6, 6.07) is 8.06. The number of carbonyl (C=O) groups excluding carboxylic acids is 1. The van der Waals surface area contributed by atoms with Gasteiger partial charge in [-0.25, -0.2) is 9.37 Å². The summed E-state index contributed by atoms with van der Waals surface area (Å²) >= 11 is 8.61. The molecule has 9 heteroatoms. The molecule has 0 aliphatic heterocycles. The first-order chi connectivity index (χ1) is 12.0. The topological polar surface area (TPSA) is 70.7 Å². The SMILES string of the molecule is CC(Sc1n[nH]c(Cc2cccs2)n1)C(=O)Nc1ccc(F)c(Cl)c1. The third kappa shape index (κ3) is 4.81. The molecule has 0 bridgehead atoms. The van der Waals surface area contributed by atoms with Gasteiger partial charge in [0.1, 0.15) is 11.6 Å². The Labute approximate surface area is 157 Å². The largest absolute Gasteiger partial charge is 0.325 e. The molecule has 5 nitrogen and oxygen atoms in total. The van der Waals surface area contributed by atoms with Gasteiger partial charge in [0.05, 0.1) is 10.3 Å². The summed E-state index contributed by atoms with van der Waals surface area (Å²) in [4.78, 5) is 17.8. The van der Waals surface area contributed by atoms with E-state index in [4.69, 9.17) is 11.6 Å². The summed E-state index contributed by atoms with van der Waals surface area (Å²) in [5, 5.41) is 11.8. The van der Waals surface area contributed by atoms with Gasteiger partial charge in [0, 0.05) is 17.0 Å². The van der Waals surface area contributed by atoms with E-state index in [2.05, 4.69) is 20.5 Å². The predicted octanol–water partition coefficient (Wildman–Crippen LogP) is 4.37. The second kappa shape index (κ2) is 7.99. The van der Waals surface area contributed by atoms with Crippen molar-refractivity contribution >= 4 is 46.3 Å². The molecule has 0 aliphatic carbocycles. The molecule has 0 radical (unpaired) electrons.